The molecule has 2 aromatic rings. The molecule has 136 valence electrons. The summed E-state index contributed by atoms with van der Waals surface area (Å²) in [7, 11) is 1.50. The Labute approximate surface area is 172 Å². The van der Waals surface area contributed by atoms with E-state index < -0.39 is 0 Å². The fourth-order valence-corrected chi connectivity index (χ4v) is 3.74. The van der Waals surface area contributed by atoms with Crippen molar-refractivity contribution in [3.05, 3.63) is 50.9 Å². The van der Waals surface area contributed by atoms with Gasteiger partial charge in [0.1, 0.15) is 5.75 Å². The van der Waals surface area contributed by atoms with Crippen LogP contribution in [0.2, 0.25) is 0 Å². The minimum atomic E-state index is -0.307. The molecule has 0 bridgehead atoms. The van der Waals surface area contributed by atoms with Gasteiger partial charge in [-0.2, -0.15) is 0 Å². The van der Waals surface area contributed by atoms with Crippen LogP contribution in [-0.4, -0.2) is 24.0 Å². The number of carbonyl (C=O) groups is 2. The Balaban J connectivity index is 2.11. The number of rotatable bonds is 4. The third-order valence-electron chi connectivity index (χ3n) is 3.15. The van der Waals surface area contributed by atoms with E-state index in [4.69, 9.17) is 17.0 Å². The fourth-order valence-electron chi connectivity index (χ4n) is 2.09. The zero-order valence-electron chi connectivity index (χ0n) is 13.9. The van der Waals surface area contributed by atoms with Gasteiger partial charge in [-0.1, -0.05) is 15.9 Å². The first-order valence-corrected chi connectivity index (χ1v) is 9.32. The summed E-state index contributed by atoms with van der Waals surface area (Å²) in [6.07, 6.45) is 0. The Kier molecular flexibility index (Phi) is 7.13. The summed E-state index contributed by atoms with van der Waals surface area (Å²) in [5.74, 6) is -0.108. The maximum absolute atomic E-state index is 12.6. The van der Waals surface area contributed by atoms with Gasteiger partial charge < -0.3 is 20.7 Å². The van der Waals surface area contributed by atoms with Crippen molar-refractivity contribution in [2.24, 2.45) is 0 Å². The Morgan fingerprint density at radius 2 is 1.62 bits per heavy atom. The molecule has 0 saturated heterocycles. The van der Waals surface area contributed by atoms with E-state index in [0.717, 1.165) is 4.47 Å². The minimum Gasteiger partial charge on any atom is -0.495 e. The van der Waals surface area contributed by atoms with E-state index in [2.05, 4.69) is 47.8 Å². The average molecular weight is 501 g/mol. The van der Waals surface area contributed by atoms with Crippen LogP contribution in [0.5, 0.6) is 5.75 Å². The highest BCUT2D eigenvalue weighted by Crippen LogP contribution is 2.33. The fraction of sp³-hybridized carbons (Fsp3) is 0.118. The second-order valence-corrected chi connectivity index (χ2v) is 7.31. The Morgan fingerprint density at radius 3 is 2.15 bits per heavy atom. The standard InChI is InChI=1S/C17H15Br2N3O3S/c1-9(23)20-17(26)22-12-5-3-11(4-6-12)21-16(24)13-7-10(18)8-14(19)15(13)25-2/h3-8H,1-2H3,(H,21,24)(H2,20,22,23,26). The number of ether oxygens (including phenoxy) is 1. The minimum absolute atomic E-state index is 0.206. The first-order valence-electron chi connectivity index (χ1n) is 7.33. The monoisotopic (exact) mass is 499 g/mol. The van der Waals surface area contributed by atoms with Gasteiger partial charge in [-0.15, -0.1) is 0 Å². The van der Waals surface area contributed by atoms with Gasteiger partial charge in [0.25, 0.3) is 5.91 Å². The number of methoxy groups -OCH3 is 1. The number of carbonyl (C=O) groups excluding carboxylic acids is 2. The third kappa shape index (κ3) is 5.52. The smallest absolute Gasteiger partial charge is 0.259 e. The summed E-state index contributed by atoms with van der Waals surface area (Å²) in [5, 5.41) is 8.36. The molecule has 2 aromatic carbocycles. The summed E-state index contributed by atoms with van der Waals surface area (Å²) in [6, 6.07) is 10.4. The molecule has 26 heavy (non-hydrogen) atoms. The van der Waals surface area contributed by atoms with E-state index in [1.807, 2.05) is 0 Å². The molecule has 2 amide bonds. The molecule has 0 heterocycles. The van der Waals surface area contributed by atoms with Gasteiger partial charge in [0, 0.05) is 22.8 Å². The van der Waals surface area contributed by atoms with Crippen LogP contribution >= 0.6 is 44.1 Å². The Bertz CT molecular complexity index is 857. The lowest BCUT2D eigenvalue weighted by molar-refractivity contribution is -0.117. The Morgan fingerprint density at radius 1 is 1.04 bits per heavy atom. The van der Waals surface area contributed by atoms with Gasteiger partial charge in [-0.3, -0.25) is 9.59 Å². The Hall–Kier alpha value is -1.97. The first-order chi connectivity index (χ1) is 12.3. The van der Waals surface area contributed by atoms with Crippen molar-refractivity contribution in [2.45, 2.75) is 6.92 Å². The van der Waals surface area contributed by atoms with Gasteiger partial charge in [0.2, 0.25) is 5.91 Å². The molecule has 2 rings (SSSR count). The van der Waals surface area contributed by atoms with Crippen LogP contribution in [-0.2, 0) is 4.79 Å². The molecular weight excluding hydrogens is 486 g/mol. The molecule has 0 aliphatic rings. The van der Waals surface area contributed by atoms with Crippen molar-refractivity contribution in [1.29, 1.82) is 0 Å². The lowest BCUT2D eigenvalue weighted by atomic mass is 10.2. The van der Waals surface area contributed by atoms with Gasteiger partial charge >= 0.3 is 0 Å². The molecule has 0 radical (unpaired) electrons. The average Bonchev–Trinajstić information content (AvgIpc) is 2.55. The maximum atomic E-state index is 12.6. The van der Waals surface area contributed by atoms with E-state index in [0.29, 0.717) is 27.2 Å². The van der Waals surface area contributed by atoms with E-state index in [-0.39, 0.29) is 16.9 Å². The van der Waals surface area contributed by atoms with Crippen LogP contribution in [0, 0.1) is 0 Å². The zero-order chi connectivity index (χ0) is 19.3. The molecule has 3 N–H and O–H groups in total. The third-order valence-corrected chi connectivity index (χ3v) is 4.40. The van der Waals surface area contributed by atoms with Crippen molar-refractivity contribution in [3.8, 4) is 5.75 Å². The molecule has 0 aliphatic carbocycles. The van der Waals surface area contributed by atoms with Crippen LogP contribution in [0.25, 0.3) is 0 Å². The van der Waals surface area contributed by atoms with Crippen molar-refractivity contribution < 1.29 is 14.3 Å². The normalized spacial score (nSPS) is 10.0. The summed E-state index contributed by atoms with van der Waals surface area (Å²) >= 11 is 11.7. The second kappa shape index (κ2) is 9.11. The molecular formula is C17H15Br2N3O3S. The van der Waals surface area contributed by atoms with Gasteiger partial charge in [-0.25, -0.2) is 0 Å². The van der Waals surface area contributed by atoms with Crippen LogP contribution in [0.3, 0.4) is 0 Å². The number of halogens is 2. The molecule has 0 atom stereocenters. The van der Waals surface area contributed by atoms with E-state index in [1.165, 1.54) is 14.0 Å². The second-order valence-electron chi connectivity index (χ2n) is 5.14. The molecule has 0 unspecified atom stereocenters. The molecule has 0 spiro atoms. The van der Waals surface area contributed by atoms with E-state index in [1.54, 1.807) is 36.4 Å². The SMILES string of the molecule is COc1c(Br)cc(Br)cc1C(=O)Nc1ccc(NC(=S)NC(C)=O)cc1. The van der Waals surface area contributed by atoms with Crippen molar-refractivity contribution >= 4 is 72.4 Å². The lowest BCUT2D eigenvalue weighted by Gasteiger charge is -2.12. The summed E-state index contributed by atoms with van der Waals surface area (Å²) in [5.41, 5.74) is 1.68. The molecule has 0 aromatic heterocycles. The predicted octanol–water partition coefficient (Wildman–Crippen LogP) is 4.31. The summed E-state index contributed by atoms with van der Waals surface area (Å²) in [4.78, 5) is 23.5. The number of hydrogen-bond donors (Lipinski definition) is 3. The number of hydrogen-bond acceptors (Lipinski definition) is 4. The van der Waals surface area contributed by atoms with Gasteiger partial charge in [0.05, 0.1) is 17.1 Å². The maximum Gasteiger partial charge on any atom is 0.259 e. The quantitative estimate of drug-likeness (QED) is 0.545. The molecule has 6 nitrogen and oxygen atoms in total. The summed E-state index contributed by atoms with van der Waals surface area (Å²) in [6.45, 7) is 1.38. The van der Waals surface area contributed by atoms with E-state index in [9.17, 15) is 9.59 Å². The highest BCUT2D eigenvalue weighted by Gasteiger charge is 2.16. The van der Waals surface area contributed by atoms with Crippen LogP contribution in [0.15, 0.2) is 45.3 Å². The molecule has 0 saturated carbocycles. The number of nitrogens with one attached hydrogen (secondary N) is 3. The number of anilines is 2. The van der Waals surface area contributed by atoms with Gasteiger partial charge in [0.15, 0.2) is 5.11 Å². The van der Waals surface area contributed by atoms with Crippen molar-refractivity contribution in [1.82, 2.24) is 5.32 Å². The van der Waals surface area contributed by atoms with Crippen LogP contribution in [0.4, 0.5) is 11.4 Å². The lowest BCUT2D eigenvalue weighted by Crippen LogP contribution is -2.32. The molecule has 0 fully saturated rings. The van der Waals surface area contributed by atoms with Crippen LogP contribution in [0.1, 0.15) is 17.3 Å². The highest BCUT2D eigenvalue weighted by atomic mass is 79.9. The number of thiocarbonyl (C=S) groups is 1. The first kappa shape index (κ1) is 20.3. The van der Waals surface area contributed by atoms with Crippen molar-refractivity contribution in [2.75, 3.05) is 17.7 Å². The topological polar surface area (TPSA) is 79.5 Å². The number of benzene rings is 2. The predicted molar refractivity (Wildman–Crippen MR) is 113 cm³/mol. The number of amides is 2. The highest BCUT2D eigenvalue weighted by molar-refractivity contribution is 9.11. The van der Waals surface area contributed by atoms with Crippen LogP contribution < -0.4 is 20.7 Å². The summed E-state index contributed by atoms with van der Waals surface area (Å²) < 4.78 is 6.72. The van der Waals surface area contributed by atoms with Gasteiger partial charge in [-0.05, 0) is 64.5 Å². The zero-order valence-corrected chi connectivity index (χ0v) is 17.8. The largest absolute Gasteiger partial charge is 0.495 e. The van der Waals surface area contributed by atoms with E-state index >= 15 is 0 Å². The van der Waals surface area contributed by atoms with Crippen molar-refractivity contribution in [3.63, 3.8) is 0 Å². The molecule has 9 heteroatoms. The molecule has 0 aliphatic heterocycles.